The van der Waals surface area contributed by atoms with Gasteiger partial charge in [0.2, 0.25) is 5.78 Å². The van der Waals surface area contributed by atoms with Crippen LogP contribution in [0.1, 0.15) is 41.3 Å². The molecule has 158 valence electrons. The summed E-state index contributed by atoms with van der Waals surface area (Å²) in [6.45, 7) is 1.88. The average Bonchev–Trinajstić information content (AvgIpc) is 2.67. The fourth-order valence-electron chi connectivity index (χ4n) is 5.10. The number of aliphatic hydroxyl groups is 3. The number of rotatable bonds is 2. The Kier molecular flexibility index (Phi) is 4.21. The number of amides is 1. The van der Waals surface area contributed by atoms with Crippen LogP contribution in [0, 0.1) is 11.8 Å². The lowest BCUT2D eigenvalue weighted by Crippen LogP contribution is -2.57. The smallest absolute Gasteiger partial charge is 0.255 e. The molecule has 0 heterocycles. The first-order chi connectivity index (χ1) is 14.0. The molecule has 0 aliphatic heterocycles. The number of nitrogens with two attached hydrogens (primary N) is 2. The summed E-state index contributed by atoms with van der Waals surface area (Å²) in [6.07, 6.45) is 0.709. The van der Waals surface area contributed by atoms with Gasteiger partial charge in [0.15, 0.2) is 11.4 Å². The number of aromatic hydroxyl groups is 1. The number of carbonyl (C=O) groups is 3. The van der Waals surface area contributed by atoms with Crippen LogP contribution in [-0.4, -0.2) is 43.5 Å². The highest BCUT2D eigenvalue weighted by atomic mass is 16.3. The largest absolute Gasteiger partial charge is 0.511 e. The van der Waals surface area contributed by atoms with Gasteiger partial charge in [-0.2, -0.15) is 0 Å². The molecule has 0 unspecified atom stereocenters. The van der Waals surface area contributed by atoms with Crippen molar-refractivity contribution in [3.63, 3.8) is 0 Å². The predicted octanol–water partition coefficient (Wildman–Crippen LogP) is 0.725. The molecule has 8 N–H and O–H groups in total. The van der Waals surface area contributed by atoms with E-state index in [1.165, 1.54) is 0 Å². The minimum atomic E-state index is -2.56. The van der Waals surface area contributed by atoms with Crippen LogP contribution in [0.3, 0.4) is 0 Å². The number of aryl methyl sites for hydroxylation is 1. The van der Waals surface area contributed by atoms with E-state index in [1.54, 1.807) is 6.07 Å². The number of ketones is 2. The average molecular weight is 414 g/mol. The molecule has 30 heavy (non-hydrogen) atoms. The van der Waals surface area contributed by atoms with Crippen LogP contribution in [-0.2, 0) is 22.4 Å². The highest BCUT2D eigenvalue weighted by Gasteiger charge is 2.59. The maximum Gasteiger partial charge on any atom is 0.255 e. The van der Waals surface area contributed by atoms with Crippen LogP contribution in [0.5, 0.6) is 5.75 Å². The molecule has 3 aliphatic rings. The van der Waals surface area contributed by atoms with Crippen molar-refractivity contribution in [1.29, 1.82) is 0 Å². The van der Waals surface area contributed by atoms with Crippen LogP contribution in [0.25, 0.3) is 0 Å². The van der Waals surface area contributed by atoms with E-state index in [-0.39, 0.29) is 36.1 Å². The Hall–Kier alpha value is -3.33. The van der Waals surface area contributed by atoms with Crippen molar-refractivity contribution < 1.29 is 34.8 Å². The molecule has 9 heteroatoms. The number of benzene rings is 1. The van der Waals surface area contributed by atoms with Gasteiger partial charge in [-0.15, -0.1) is 0 Å². The summed E-state index contributed by atoms with van der Waals surface area (Å²) in [6, 6.07) is 1.60. The summed E-state index contributed by atoms with van der Waals surface area (Å²) in [4.78, 5) is 37.8. The Bertz CT molecular complexity index is 1100. The molecular weight excluding hydrogens is 392 g/mol. The fourth-order valence-corrected chi connectivity index (χ4v) is 5.10. The van der Waals surface area contributed by atoms with Gasteiger partial charge in [-0.1, -0.05) is 6.92 Å². The Labute approximate surface area is 171 Å². The van der Waals surface area contributed by atoms with E-state index in [1.807, 2.05) is 6.92 Å². The van der Waals surface area contributed by atoms with Gasteiger partial charge in [-0.25, -0.2) is 0 Å². The third-order valence-electron chi connectivity index (χ3n) is 6.56. The van der Waals surface area contributed by atoms with Gasteiger partial charge < -0.3 is 31.9 Å². The van der Waals surface area contributed by atoms with E-state index < -0.39 is 57.8 Å². The van der Waals surface area contributed by atoms with Gasteiger partial charge in [0.25, 0.3) is 5.91 Å². The lowest BCUT2D eigenvalue weighted by Gasteiger charge is -2.45. The van der Waals surface area contributed by atoms with Crippen molar-refractivity contribution in [3.8, 4) is 5.75 Å². The Morgan fingerprint density at radius 3 is 2.50 bits per heavy atom. The molecule has 0 bridgehead atoms. The minimum Gasteiger partial charge on any atom is -0.511 e. The number of anilines is 1. The summed E-state index contributed by atoms with van der Waals surface area (Å²) in [5, 5.41) is 42.6. The third-order valence-corrected chi connectivity index (χ3v) is 6.56. The number of fused-ring (bicyclic) bond motifs is 3. The fraction of sp³-hybridized carbons (Fsp3) is 0.381. The van der Waals surface area contributed by atoms with Crippen LogP contribution in [0.4, 0.5) is 5.69 Å². The van der Waals surface area contributed by atoms with Gasteiger partial charge in [-0.05, 0) is 42.4 Å². The van der Waals surface area contributed by atoms with Crippen LogP contribution in [0.15, 0.2) is 28.7 Å². The van der Waals surface area contributed by atoms with E-state index in [2.05, 4.69) is 0 Å². The molecule has 1 aromatic carbocycles. The Balaban J connectivity index is 1.94. The van der Waals surface area contributed by atoms with Gasteiger partial charge in [-0.3, -0.25) is 14.4 Å². The number of phenolic OH excluding ortho intramolecular Hbond substituents is 1. The van der Waals surface area contributed by atoms with Crippen molar-refractivity contribution in [2.45, 2.75) is 38.2 Å². The van der Waals surface area contributed by atoms with Crippen LogP contribution in [0.2, 0.25) is 0 Å². The number of carbonyl (C=O) groups excluding carboxylic acids is 3. The quantitative estimate of drug-likeness (QED) is 0.232. The van der Waals surface area contributed by atoms with Crippen molar-refractivity contribution in [3.05, 3.63) is 45.4 Å². The van der Waals surface area contributed by atoms with E-state index in [0.29, 0.717) is 12.0 Å². The molecular formula is C21H22N2O7. The second-order valence-electron chi connectivity index (χ2n) is 8.09. The SMILES string of the molecule is CCc1cc(N)c(O)c2c1C[C@H]1C[C@H]3CC(O)=C(C(N)=O)C(=O)[C@@]3(O)C(O)=C1C2=O. The summed E-state index contributed by atoms with van der Waals surface area (Å²) in [5.41, 5.74) is 8.82. The highest BCUT2D eigenvalue weighted by molar-refractivity contribution is 6.24. The molecule has 0 spiro atoms. The number of hydrogen-bond donors (Lipinski definition) is 6. The molecule has 1 amide bonds. The zero-order chi connectivity index (χ0) is 22.1. The first-order valence-corrected chi connectivity index (χ1v) is 9.64. The van der Waals surface area contributed by atoms with Crippen molar-refractivity contribution in [1.82, 2.24) is 0 Å². The number of aliphatic hydroxyl groups excluding tert-OH is 2. The summed E-state index contributed by atoms with van der Waals surface area (Å²) >= 11 is 0. The molecule has 0 aromatic heterocycles. The van der Waals surface area contributed by atoms with Crippen LogP contribution < -0.4 is 11.5 Å². The highest BCUT2D eigenvalue weighted by Crippen LogP contribution is 2.52. The van der Waals surface area contributed by atoms with Gasteiger partial charge in [0.1, 0.15) is 22.8 Å². The molecule has 3 aliphatic carbocycles. The molecule has 9 nitrogen and oxygen atoms in total. The van der Waals surface area contributed by atoms with Gasteiger partial charge in [0.05, 0.1) is 11.3 Å². The number of hydrogen-bond acceptors (Lipinski definition) is 8. The first-order valence-electron chi connectivity index (χ1n) is 9.64. The Morgan fingerprint density at radius 1 is 1.23 bits per heavy atom. The maximum atomic E-state index is 13.3. The number of primary amides is 1. The lowest BCUT2D eigenvalue weighted by molar-refractivity contribution is -0.144. The summed E-state index contributed by atoms with van der Waals surface area (Å²) in [5.74, 6) is -6.50. The van der Waals surface area contributed by atoms with Crippen molar-refractivity contribution in [2.75, 3.05) is 5.73 Å². The first kappa shape index (κ1) is 20.0. The minimum absolute atomic E-state index is 0.0162. The lowest BCUT2D eigenvalue weighted by atomic mass is 9.60. The zero-order valence-electron chi connectivity index (χ0n) is 16.2. The summed E-state index contributed by atoms with van der Waals surface area (Å²) in [7, 11) is 0. The number of phenols is 1. The van der Waals surface area contributed by atoms with E-state index in [9.17, 15) is 34.8 Å². The summed E-state index contributed by atoms with van der Waals surface area (Å²) < 4.78 is 0. The Morgan fingerprint density at radius 2 is 1.90 bits per heavy atom. The number of nitrogen functional groups attached to an aromatic ring is 1. The molecule has 4 rings (SSSR count). The maximum absolute atomic E-state index is 13.3. The zero-order valence-corrected chi connectivity index (χ0v) is 16.2. The molecule has 3 atom stereocenters. The molecule has 0 fully saturated rings. The standard InChI is InChI=1S/C21H22N2O7/c1-2-7-5-11(22)16(25)14-10(7)4-8-3-9-6-12(24)15(20(23)29)19(28)21(9,30)18(27)13(8)17(14)26/h5,8-9,24-25,27,30H,2-4,6,22H2,1H3,(H2,23,29)/t8-,9+,21+/m1/s1. The monoisotopic (exact) mass is 414 g/mol. The molecule has 1 aromatic rings. The second kappa shape index (κ2) is 6.33. The number of allylic oxidation sites excluding steroid dienone is 2. The topological polar surface area (TPSA) is 184 Å². The molecule has 0 radical (unpaired) electrons. The van der Waals surface area contributed by atoms with Crippen LogP contribution >= 0.6 is 0 Å². The van der Waals surface area contributed by atoms with E-state index >= 15 is 0 Å². The molecule has 0 saturated carbocycles. The van der Waals surface area contributed by atoms with E-state index in [0.717, 1.165) is 5.56 Å². The predicted molar refractivity (Wildman–Crippen MR) is 105 cm³/mol. The number of Topliss-reactive ketones (excluding diaryl/α,β-unsaturated/α-hetero) is 2. The third kappa shape index (κ3) is 2.35. The molecule has 0 saturated heterocycles. The normalized spacial score (nSPS) is 28.2. The van der Waals surface area contributed by atoms with Crippen molar-refractivity contribution >= 4 is 23.2 Å². The van der Waals surface area contributed by atoms with Crippen molar-refractivity contribution in [2.24, 2.45) is 17.6 Å². The van der Waals surface area contributed by atoms with Gasteiger partial charge in [0, 0.05) is 17.9 Å². The van der Waals surface area contributed by atoms with Gasteiger partial charge >= 0.3 is 0 Å². The van der Waals surface area contributed by atoms with E-state index in [4.69, 9.17) is 11.5 Å². The second-order valence-corrected chi connectivity index (χ2v) is 8.09.